The van der Waals surface area contributed by atoms with Crippen molar-refractivity contribution in [1.29, 1.82) is 0 Å². The Bertz CT molecular complexity index is 644. The van der Waals surface area contributed by atoms with Crippen molar-refractivity contribution in [3.63, 3.8) is 0 Å². The molecule has 0 atom stereocenters. The van der Waals surface area contributed by atoms with E-state index in [4.69, 9.17) is 9.47 Å². The van der Waals surface area contributed by atoms with Crippen molar-refractivity contribution in [1.82, 2.24) is 4.90 Å². The molecule has 0 aliphatic carbocycles. The number of amides is 2. The SMILES string of the molecule is COCCN(CCOC)C(=O)/C(C)=C\C(=O)Nc1ccc(C(C)=O)cc1. The number of carbonyl (C=O) groups is 3. The smallest absolute Gasteiger partial charge is 0.249 e. The van der Waals surface area contributed by atoms with Crippen molar-refractivity contribution < 1.29 is 23.9 Å². The van der Waals surface area contributed by atoms with Crippen molar-refractivity contribution in [3.8, 4) is 0 Å². The summed E-state index contributed by atoms with van der Waals surface area (Å²) in [5, 5.41) is 2.67. The summed E-state index contributed by atoms with van der Waals surface area (Å²) >= 11 is 0. The van der Waals surface area contributed by atoms with Crippen LogP contribution >= 0.6 is 0 Å². The molecule has 0 spiro atoms. The van der Waals surface area contributed by atoms with E-state index in [0.717, 1.165) is 0 Å². The summed E-state index contributed by atoms with van der Waals surface area (Å²) in [6.07, 6.45) is 1.26. The molecule has 0 aliphatic rings. The van der Waals surface area contributed by atoms with Crippen LogP contribution in [0, 0.1) is 0 Å². The normalized spacial score (nSPS) is 11.2. The Hall–Kier alpha value is -2.51. The molecular weight excluding hydrogens is 336 g/mol. The van der Waals surface area contributed by atoms with Crippen LogP contribution in [0.25, 0.3) is 0 Å². The number of ketones is 1. The topological polar surface area (TPSA) is 84.9 Å². The number of nitrogens with one attached hydrogen (secondary N) is 1. The molecule has 1 aromatic rings. The molecule has 0 radical (unpaired) electrons. The molecule has 0 aliphatic heterocycles. The predicted molar refractivity (Wildman–Crippen MR) is 99.2 cm³/mol. The molecule has 0 fully saturated rings. The summed E-state index contributed by atoms with van der Waals surface area (Å²) in [6.45, 7) is 4.70. The minimum Gasteiger partial charge on any atom is -0.383 e. The molecule has 0 unspecified atom stereocenters. The lowest BCUT2D eigenvalue weighted by Gasteiger charge is -2.22. The number of anilines is 1. The van der Waals surface area contributed by atoms with Crippen LogP contribution in [0.2, 0.25) is 0 Å². The van der Waals surface area contributed by atoms with Gasteiger partial charge in [0.2, 0.25) is 11.8 Å². The summed E-state index contributed by atoms with van der Waals surface area (Å²) < 4.78 is 10.0. The van der Waals surface area contributed by atoms with Crippen LogP contribution in [-0.4, -0.2) is 63.0 Å². The van der Waals surface area contributed by atoms with E-state index in [1.807, 2.05) is 0 Å². The van der Waals surface area contributed by atoms with Gasteiger partial charge in [-0.3, -0.25) is 14.4 Å². The van der Waals surface area contributed by atoms with Gasteiger partial charge >= 0.3 is 0 Å². The Labute approximate surface area is 154 Å². The van der Waals surface area contributed by atoms with Gasteiger partial charge in [-0.15, -0.1) is 0 Å². The monoisotopic (exact) mass is 362 g/mol. The van der Waals surface area contributed by atoms with Crippen LogP contribution in [0.4, 0.5) is 5.69 Å². The Morgan fingerprint density at radius 3 is 2.00 bits per heavy atom. The standard InChI is InChI=1S/C19H26N2O5/c1-14(19(24)21(9-11-25-3)10-12-26-4)13-18(23)20-17-7-5-16(6-8-17)15(2)22/h5-8,13H,9-12H2,1-4H3,(H,20,23)/b14-13-. The lowest BCUT2D eigenvalue weighted by molar-refractivity contribution is -0.128. The molecule has 2 amide bonds. The van der Waals surface area contributed by atoms with Crippen LogP contribution in [0.5, 0.6) is 0 Å². The van der Waals surface area contributed by atoms with Crippen molar-refractivity contribution in [2.45, 2.75) is 13.8 Å². The number of carbonyl (C=O) groups excluding carboxylic acids is 3. The van der Waals surface area contributed by atoms with Crippen molar-refractivity contribution >= 4 is 23.3 Å². The minimum atomic E-state index is -0.412. The van der Waals surface area contributed by atoms with Crippen LogP contribution in [-0.2, 0) is 19.1 Å². The number of hydrogen-bond acceptors (Lipinski definition) is 5. The van der Waals surface area contributed by atoms with E-state index < -0.39 is 5.91 Å². The van der Waals surface area contributed by atoms with Crippen LogP contribution < -0.4 is 5.32 Å². The van der Waals surface area contributed by atoms with Gasteiger partial charge in [-0.05, 0) is 38.1 Å². The van der Waals surface area contributed by atoms with E-state index in [0.29, 0.717) is 43.1 Å². The lowest BCUT2D eigenvalue weighted by Crippen LogP contribution is -2.37. The van der Waals surface area contributed by atoms with E-state index in [2.05, 4.69) is 5.32 Å². The average molecular weight is 362 g/mol. The fourth-order valence-electron chi connectivity index (χ4n) is 2.19. The Balaban J connectivity index is 2.73. The zero-order valence-electron chi connectivity index (χ0n) is 15.7. The maximum Gasteiger partial charge on any atom is 0.249 e. The average Bonchev–Trinajstić information content (AvgIpc) is 2.61. The van der Waals surface area contributed by atoms with Gasteiger partial charge in [0.1, 0.15) is 0 Å². The second-order valence-corrected chi connectivity index (χ2v) is 5.73. The second-order valence-electron chi connectivity index (χ2n) is 5.73. The molecule has 0 aromatic heterocycles. The van der Waals surface area contributed by atoms with Gasteiger partial charge in [-0.1, -0.05) is 0 Å². The first kappa shape index (κ1) is 21.5. The van der Waals surface area contributed by atoms with Crippen LogP contribution in [0.1, 0.15) is 24.2 Å². The number of Topliss-reactive ketones (excluding diaryl/α,β-unsaturated/α-hetero) is 1. The van der Waals surface area contributed by atoms with Gasteiger partial charge < -0.3 is 19.7 Å². The highest BCUT2D eigenvalue weighted by Crippen LogP contribution is 2.11. The Morgan fingerprint density at radius 2 is 1.54 bits per heavy atom. The highest BCUT2D eigenvalue weighted by atomic mass is 16.5. The summed E-state index contributed by atoms with van der Waals surface area (Å²) in [5.41, 5.74) is 1.43. The highest BCUT2D eigenvalue weighted by molar-refractivity contribution is 6.06. The van der Waals surface area contributed by atoms with Gasteiger partial charge in [-0.25, -0.2) is 0 Å². The molecule has 1 rings (SSSR count). The minimum absolute atomic E-state index is 0.0450. The third-order valence-electron chi connectivity index (χ3n) is 3.66. The van der Waals surface area contributed by atoms with E-state index in [9.17, 15) is 14.4 Å². The zero-order chi connectivity index (χ0) is 19.5. The quantitative estimate of drug-likeness (QED) is 0.507. The van der Waals surface area contributed by atoms with Crippen molar-refractivity contribution in [3.05, 3.63) is 41.5 Å². The lowest BCUT2D eigenvalue weighted by atomic mass is 10.1. The van der Waals surface area contributed by atoms with E-state index in [-0.39, 0.29) is 11.7 Å². The highest BCUT2D eigenvalue weighted by Gasteiger charge is 2.16. The maximum atomic E-state index is 12.5. The fraction of sp³-hybridized carbons (Fsp3) is 0.421. The molecule has 7 heteroatoms. The number of benzene rings is 1. The molecule has 26 heavy (non-hydrogen) atoms. The third-order valence-corrected chi connectivity index (χ3v) is 3.66. The van der Waals surface area contributed by atoms with E-state index in [1.54, 1.807) is 50.3 Å². The molecule has 1 N–H and O–H groups in total. The summed E-state index contributed by atoms with van der Waals surface area (Å²) in [4.78, 5) is 37.4. The molecule has 0 bridgehead atoms. The number of methoxy groups -OCH3 is 2. The Morgan fingerprint density at radius 1 is 1.00 bits per heavy atom. The van der Waals surface area contributed by atoms with Gasteiger partial charge in [0.25, 0.3) is 0 Å². The summed E-state index contributed by atoms with van der Waals surface area (Å²) in [7, 11) is 3.12. The number of ether oxygens (including phenoxy) is 2. The predicted octanol–water partition coefficient (Wildman–Crippen LogP) is 1.90. The molecule has 7 nitrogen and oxygen atoms in total. The number of rotatable bonds is 10. The van der Waals surface area contributed by atoms with Crippen molar-refractivity contribution in [2.75, 3.05) is 45.8 Å². The van der Waals surface area contributed by atoms with Crippen LogP contribution in [0.15, 0.2) is 35.9 Å². The van der Waals surface area contributed by atoms with Crippen molar-refractivity contribution in [2.24, 2.45) is 0 Å². The molecule has 0 saturated heterocycles. The fourth-order valence-corrected chi connectivity index (χ4v) is 2.19. The van der Waals surface area contributed by atoms with E-state index >= 15 is 0 Å². The third kappa shape index (κ3) is 7.16. The van der Waals surface area contributed by atoms with Gasteiger partial charge in [0, 0.05) is 50.2 Å². The molecule has 0 heterocycles. The maximum absolute atomic E-state index is 12.5. The van der Waals surface area contributed by atoms with Crippen LogP contribution in [0.3, 0.4) is 0 Å². The van der Waals surface area contributed by atoms with Gasteiger partial charge in [0.05, 0.1) is 13.2 Å². The first-order valence-electron chi connectivity index (χ1n) is 8.26. The molecular formula is C19H26N2O5. The van der Waals surface area contributed by atoms with Gasteiger partial charge in [-0.2, -0.15) is 0 Å². The molecule has 1 aromatic carbocycles. The van der Waals surface area contributed by atoms with Gasteiger partial charge in [0.15, 0.2) is 5.78 Å². The summed E-state index contributed by atoms with van der Waals surface area (Å²) in [6, 6.07) is 6.56. The summed E-state index contributed by atoms with van der Waals surface area (Å²) in [5.74, 6) is -0.706. The largest absolute Gasteiger partial charge is 0.383 e. The Kier molecular flexibility index (Phi) is 9.25. The number of hydrogen-bond donors (Lipinski definition) is 1. The second kappa shape index (κ2) is 11.2. The first-order valence-corrected chi connectivity index (χ1v) is 8.26. The molecule has 142 valence electrons. The zero-order valence-corrected chi connectivity index (χ0v) is 15.7. The first-order chi connectivity index (χ1) is 12.4. The number of nitrogens with zero attached hydrogens (tertiary/aromatic N) is 1. The molecule has 0 saturated carbocycles. The van der Waals surface area contributed by atoms with E-state index in [1.165, 1.54) is 13.0 Å².